The van der Waals surface area contributed by atoms with Gasteiger partial charge in [0.1, 0.15) is 5.75 Å². The predicted octanol–water partition coefficient (Wildman–Crippen LogP) is 1.59. The number of aryl methyl sites for hydroxylation is 2. The Morgan fingerprint density at radius 3 is 2.76 bits per heavy atom. The smallest absolute Gasteiger partial charge is 0.276 e. The standard InChI is InChI=1S/C15H20N4O2/c1-10-5-6-13(21-4)11(7-10)8-18(2)15(20)14-12(16)9-19(3)17-14/h5-7,9H,8,16H2,1-4H3. The molecule has 1 aromatic heterocycles. The van der Waals surface area contributed by atoms with Crippen molar-refractivity contribution in [2.45, 2.75) is 13.5 Å². The molecule has 2 aromatic rings. The molecule has 0 unspecified atom stereocenters. The number of methoxy groups -OCH3 is 1. The molecule has 0 spiro atoms. The number of benzene rings is 1. The lowest BCUT2D eigenvalue weighted by Crippen LogP contribution is -2.27. The van der Waals surface area contributed by atoms with Crippen LogP contribution in [0.15, 0.2) is 24.4 Å². The van der Waals surface area contributed by atoms with Crippen molar-refractivity contribution < 1.29 is 9.53 Å². The summed E-state index contributed by atoms with van der Waals surface area (Å²) in [4.78, 5) is 14.0. The molecule has 1 aromatic carbocycles. The maximum atomic E-state index is 12.4. The summed E-state index contributed by atoms with van der Waals surface area (Å²) >= 11 is 0. The van der Waals surface area contributed by atoms with Crippen molar-refractivity contribution in [1.29, 1.82) is 0 Å². The fourth-order valence-electron chi connectivity index (χ4n) is 2.21. The van der Waals surface area contributed by atoms with Crippen LogP contribution in [0.2, 0.25) is 0 Å². The van der Waals surface area contributed by atoms with Gasteiger partial charge in [0.2, 0.25) is 0 Å². The summed E-state index contributed by atoms with van der Waals surface area (Å²) in [7, 11) is 5.07. The molecule has 6 nitrogen and oxygen atoms in total. The lowest BCUT2D eigenvalue weighted by molar-refractivity contribution is 0.0778. The monoisotopic (exact) mass is 288 g/mol. The molecule has 0 saturated heterocycles. The number of hydrogen-bond donors (Lipinski definition) is 1. The minimum absolute atomic E-state index is 0.211. The van der Waals surface area contributed by atoms with Crippen molar-refractivity contribution in [2.24, 2.45) is 7.05 Å². The number of carbonyl (C=O) groups excluding carboxylic acids is 1. The van der Waals surface area contributed by atoms with Gasteiger partial charge in [0.25, 0.3) is 5.91 Å². The first kappa shape index (κ1) is 14.9. The van der Waals surface area contributed by atoms with E-state index < -0.39 is 0 Å². The zero-order chi connectivity index (χ0) is 15.6. The zero-order valence-corrected chi connectivity index (χ0v) is 12.8. The van der Waals surface area contributed by atoms with E-state index >= 15 is 0 Å². The van der Waals surface area contributed by atoms with Gasteiger partial charge in [0, 0.05) is 32.4 Å². The second-order valence-electron chi connectivity index (χ2n) is 5.08. The molecule has 0 atom stereocenters. The Kier molecular flexibility index (Phi) is 4.16. The van der Waals surface area contributed by atoms with E-state index in [4.69, 9.17) is 10.5 Å². The Balaban J connectivity index is 2.21. The van der Waals surface area contributed by atoms with E-state index in [1.807, 2.05) is 25.1 Å². The van der Waals surface area contributed by atoms with Crippen molar-refractivity contribution in [3.8, 4) is 5.75 Å². The van der Waals surface area contributed by atoms with Gasteiger partial charge in [-0.05, 0) is 13.0 Å². The minimum Gasteiger partial charge on any atom is -0.496 e. The third-order valence-corrected chi connectivity index (χ3v) is 3.25. The molecule has 0 saturated carbocycles. The van der Waals surface area contributed by atoms with Crippen LogP contribution in [-0.2, 0) is 13.6 Å². The average molecular weight is 288 g/mol. The van der Waals surface area contributed by atoms with Gasteiger partial charge in [-0.1, -0.05) is 17.7 Å². The summed E-state index contributed by atoms with van der Waals surface area (Å²) in [6, 6.07) is 5.88. The van der Waals surface area contributed by atoms with Gasteiger partial charge in [0.15, 0.2) is 5.69 Å². The first-order valence-electron chi connectivity index (χ1n) is 6.60. The quantitative estimate of drug-likeness (QED) is 0.927. The largest absolute Gasteiger partial charge is 0.496 e. The summed E-state index contributed by atoms with van der Waals surface area (Å²) in [6.07, 6.45) is 1.62. The minimum atomic E-state index is -0.211. The van der Waals surface area contributed by atoms with Crippen molar-refractivity contribution in [3.05, 3.63) is 41.2 Å². The van der Waals surface area contributed by atoms with E-state index in [0.717, 1.165) is 16.9 Å². The number of anilines is 1. The highest BCUT2D eigenvalue weighted by atomic mass is 16.5. The van der Waals surface area contributed by atoms with E-state index in [1.165, 1.54) is 4.68 Å². The van der Waals surface area contributed by atoms with Crippen LogP contribution in [0, 0.1) is 6.92 Å². The van der Waals surface area contributed by atoms with Crippen molar-refractivity contribution in [1.82, 2.24) is 14.7 Å². The van der Waals surface area contributed by atoms with Gasteiger partial charge in [-0.25, -0.2) is 0 Å². The van der Waals surface area contributed by atoms with E-state index in [-0.39, 0.29) is 11.6 Å². The van der Waals surface area contributed by atoms with Crippen LogP contribution in [0.5, 0.6) is 5.75 Å². The summed E-state index contributed by atoms with van der Waals surface area (Å²) in [5, 5.41) is 4.10. The van der Waals surface area contributed by atoms with E-state index in [1.54, 1.807) is 32.3 Å². The molecule has 0 aliphatic heterocycles. The number of nitrogens with zero attached hydrogens (tertiary/aromatic N) is 3. The highest BCUT2D eigenvalue weighted by molar-refractivity contribution is 5.96. The Labute approximate surface area is 124 Å². The maximum absolute atomic E-state index is 12.4. The van der Waals surface area contributed by atoms with Crippen LogP contribution in [0.3, 0.4) is 0 Å². The lowest BCUT2D eigenvalue weighted by Gasteiger charge is -2.18. The van der Waals surface area contributed by atoms with E-state index in [0.29, 0.717) is 12.2 Å². The van der Waals surface area contributed by atoms with E-state index in [2.05, 4.69) is 5.10 Å². The number of rotatable bonds is 4. The average Bonchev–Trinajstić information content (AvgIpc) is 2.77. The van der Waals surface area contributed by atoms with Crippen LogP contribution in [0.1, 0.15) is 21.6 Å². The molecule has 0 aliphatic carbocycles. The molecule has 0 radical (unpaired) electrons. The van der Waals surface area contributed by atoms with Gasteiger partial charge in [-0.15, -0.1) is 0 Å². The van der Waals surface area contributed by atoms with Crippen molar-refractivity contribution in [3.63, 3.8) is 0 Å². The Hall–Kier alpha value is -2.50. The van der Waals surface area contributed by atoms with Gasteiger partial charge in [-0.3, -0.25) is 9.48 Å². The number of aromatic nitrogens is 2. The Morgan fingerprint density at radius 2 is 2.19 bits per heavy atom. The molecule has 0 bridgehead atoms. The number of carbonyl (C=O) groups is 1. The molecule has 1 amide bonds. The highest BCUT2D eigenvalue weighted by Gasteiger charge is 2.19. The van der Waals surface area contributed by atoms with Gasteiger partial charge in [0.05, 0.1) is 12.8 Å². The third kappa shape index (κ3) is 3.16. The zero-order valence-electron chi connectivity index (χ0n) is 12.8. The molecule has 112 valence electrons. The van der Waals surface area contributed by atoms with Crippen LogP contribution in [0.25, 0.3) is 0 Å². The second-order valence-corrected chi connectivity index (χ2v) is 5.08. The van der Waals surface area contributed by atoms with Gasteiger partial charge < -0.3 is 15.4 Å². The van der Waals surface area contributed by atoms with Crippen LogP contribution in [-0.4, -0.2) is 34.7 Å². The molecule has 1 heterocycles. The second kappa shape index (κ2) is 5.87. The maximum Gasteiger partial charge on any atom is 0.276 e. The normalized spacial score (nSPS) is 10.5. The van der Waals surface area contributed by atoms with Crippen molar-refractivity contribution >= 4 is 11.6 Å². The third-order valence-electron chi connectivity index (χ3n) is 3.25. The number of nitrogen functional groups attached to an aromatic ring is 1. The first-order chi connectivity index (χ1) is 9.92. The molecule has 0 aliphatic rings. The Morgan fingerprint density at radius 1 is 1.48 bits per heavy atom. The van der Waals surface area contributed by atoms with Crippen LogP contribution < -0.4 is 10.5 Å². The summed E-state index contributed by atoms with van der Waals surface area (Å²) in [6.45, 7) is 2.43. The first-order valence-corrected chi connectivity index (χ1v) is 6.60. The molecule has 2 N–H and O–H groups in total. The fourth-order valence-corrected chi connectivity index (χ4v) is 2.21. The molecule has 6 heteroatoms. The summed E-state index contributed by atoms with van der Waals surface area (Å²) in [5.41, 5.74) is 8.51. The molecule has 0 fully saturated rings. The topological polar surface area (TPSA) is 73.4 Å². The number of amides is 1. The van der Waals surface area contributed by atoms with Crippen molar-refractivity contribution in [2.75, 3.05) is 19.9 Å². The number of nitrogens with two attached hydrogens (primary N) is 1. The fraction of sp³-hybridized carbons (Fsp3) is 0.333. The number of hydrogen-bond acceptors (Lipinski definition) is 4. The van der Waals surface area contributed by atoms with Gasteiger partial charge in [-0.2, -0.15) is 5.10 Å². The highest BCUT2D eigenvalue weighted by Crippen LogP contribution is 2.22. The molecule has 2 rings (SSSR count). The number of ether oxygens (including phenoxy) is 1. The summed E-state index contributed by atoms with van der Waals surface area (Å²) < 4.78 is 6.86. The predicted molar refractivity (Wildman–Crippen MR) is 81.1 cm³/mol. The Bertz CT molecular complexity index is 664. The molecular weight excluding hydrogens is 268 g/mol. The van der Waals surface area contributed by atoms with Crippen LogP contribution >= 0.6 is 0 Å². The lowest BCUT2D eigenvalue weighted by atomic mass is 10.1. The summed E-state index contributed by atoms with van der Waals surface area (Å²) in [5.74, 6) is 0.547. The van der Waals surface area contributed by atoms with Gasteiger partial charge >= 0.3 is 0 Å². The van der Waals surface area contributed by atoms with E-state index in [9.17, 15) is 4.79 Å². The SMILES string of the molecule is COc1ccc(C)cc1CN(C)C(=O)c1nn(C)cc1N. The molecular formula is C15H20N4O2. The van der Waals surface area contributed by atoms with Crippen LogP contribution in [0.4, 0.5) is 5.69 Å². The molecule has 21 heavy (non-hydrogen) atoms.